The Bertz CT molecular complexity index is 3900. The lowest BCUT2D eigenvalue weighted by atomic mass is 9.79. The molecular formula is C63H48N2. The van der Waals surface area contributed by atoms with E-state index in [1.807, 2.05) is 0 Å². The van der Waals surface area contributed by atoms with Crippen LogP contribution in [-0.4, -0.2) is 9.13 Å². The molecule has 0 amide bonds. The van der Waals surface area contributed by atoms with Crippen LogP contribution < -0.4 is 0 Å². The fourth-order valence-corrected chi connectivity index (χ4v) is 13.0. The summed E-state index contributed by atoms with van der Waals surface area (Å²) >= 11 is 0. The van der Waals surface area contributed by atoms with Crippen LogP contribution in [0.25, 0.3) is 99.5 Å². The van der Waals surface area contributed by atoms with E-state index in [9.17, 15) is 0 Å². The minimum Gasteiger partial charge on any atom is -0.309 e. The van der Waals surface area contributed by atoms with Gasteiger partial charge in [0.05, 0.1) is 22.1 Å². The van der Waals surface area contributed by atoms with Gasteiger partial charge in [0, 0.05) is 49.2 Å². The molecule has 0 bridgehead atoms. The number of hydrogen-bond donors (Lipinski definition) is 0. The number of fused-ring (bicyclic) bond motifs is 17. The van der Waals surface area contributed by atoms with Gasteiger partial charge in [-0.1, -0.05) is 175 Å². The Balaban J connectivity index is 0.944. The second-order valence-corrected chi connectivity index (χ2v) is 20.5. The average molecular weight is 833 g/mol. The summed E-state index contributed by atoms with van der Waals surface area (Å²) in [7, 11) is 0. The van der Waals surface area contributed by atoms with Crippen molar-refractivity contribution in [2.75, 3.05) is 0 Å². The van der Waals surface area contributed by atoms with E-state index >= 15 is 0 Å². The molecule has 14 rings (SSSR count). The van der Waals surface area contributed by atoms with Crippen LogP contribution in [0.3, 0.4) is 0 Å². The van der Waals surface area contributed by atoms with Crippen LogP contribution in [0.5, 0.6) is 0 Å². The van der Waals surface area contributed by atoms with Crippen LogP contribution in [0.1, 0.15) is 74.9 Å². The molecule has 11 aromatic rings. The Kier molecular flexibility index (Phi) is 7.08. The van der Waals surface area contributed by atoms with Crippen LogP contribution in [0.2, 0.25) is 0 Å². The molecule has 2 heterocycles. The summed E-state index contributed by atoms with van der Waals surface area (Å²) in [5, 5.41) is 5.19. The zero-order chi connectivity index (χ0) is 43.7. The van der Waals surface area contributed by atoms with E-state index in [-0.39, 0.29) is 16.2 Å². The molecule has 0 unspecified atom stereocenters. The molecule has 0 aliphatic heterocycles. The number of para-hydroxylation sites is 3. The van der Waals surface area contributed by atoms with Gasteiger partial charge in [0.25, 0.3) is 0 Å². The maximum Gasteiger partial charge on any atom is 0.0588 e. The number of hydrogen-bond acceptors (Lipinski definition) is 0. The molecule has 0 saturated carbocycles. The molecular weight excluding hydrogens is 785 g/mol. The Morgan fingerprint density at radius 3 is 1.32 bits per heavy atom. The van der Waals surface area contributed by atoms with Gasteiger partial charge in [0.2, 0.25) is 0 Å². The van der Waals surface area contributed by atoms with Crippen LogP contribution in [0.15, 0.2) is 182 Å². The summed E-state index contributed by atoms with van der Waals surface area (Å²) < 4.78 is 5.10. The van der Waals surface area contributed by atoms with Crippen LogP contribution in [0.4, 0.5) is 0 Å². The fraction of sp³-hybridized carbons (Fsp3) is 0.143. The quantitative estimate of drug-likeness (QED) is 0.168. The number of aromatic nitrogens is 2. The van der Waals surface area contributed by atoms with Crippen LogP contribution in [0, 0.1) is 0 Å². The highest BCUT2D eigenvalue weighted by Crippen LogP contribution is 2.57. The third-order valence-electron chi connectivity index (χ3n) is 16.1. The first kappa shape index (κ1) is 37.0. The van der Waals surface area contributed by atoms with E-state index in [0.717, 1.165) is 0 Å². The Morgan fingerprint density at radius 2 is 0.723 bits per heavy atom. The maximum atomic E-state index is 2.59. The van der Waals surface area contributed by atoms with Crippen molar-refractivity contribution in [3.8, 4) is 55.9 Å². The molecule has 0 spiro atoms. The standard InChI is InChI=1S/C63H48N2/c1-61(2)51-21-13-10-18-41(51)42-27-24-37(34-52(42)61)38-25-28-43-47-30-33-50-46-20-12-15-23-56(46)65(60(50)58(47)62(3,4)53(43)35-38)40-26-29-44-48-31-32-49-45-19-11-14-22-55(45)64(39-16-8-7-9-17-39)59(49)57(48)63(5,6)54(44)36-40/h7-36H,1-6H3. The lowest BCUT2D eigenvalue weighted by Crippen LogP contribution is -2.18. The first-order valence-electron chi connectivity index (χ1n) is 23.3. The maximum absolute atomic E-state index is 2.59. The molecule has 310 valence electrons. The van der Waals surface area contributed by atoms with Gasteiger partial charge in [-0.2, -0.15) is 0 Å². The van der Waals surface area contributed by atoms with Crippen LogP contribution >= 0.6 is 0 Å². The molecule has 0 N–H and O–H groups in total. The molecule has 0 saturated heterocycles. The fourth-order valence-electron chi connectivity index (χ4n) is 13.0. The van der Waals surface area contributed by atoms with Gasteiger partial charge in [-0.05, 0) is 126 Å². The normalized spacial score (nSPS) is 15.6. The molecule has 2 nitrogen and oxygen atoms in total. The van der Waals surface area contributed by atoms with Gasteiger partial charge in [0.15, 0.2) is 0 Å². The molecule has 0 radical (unpaired) electrons. The zero-order valence-electron chi connectivity index (χ0n) is 37.7. The molecule has 3 aliphatic carbocycles. The highest BCUT2D eigenvalue weighted by atomic mass is 15.0. The lowest BCUT2D eigenvalue weighted by molar-refractivity contribution is 0.660. The van der Waals surface area contributed by atoms with Gasteiger partial charge in [-0.15, -0.1) is 0 Å². The van der Waals surface area contributed by atoms with E-state index in [1.54, 1.807) is 0 Å². The van der Waals surface area contributed by atoms with E-state index in [0.29, 0.717) is 0 Å². The van der Waals surface area contributed by atoms with E-state index in [4.69, 9.17) is 0 Å². The first-order valence-corrected chi connectivity index (χ1v) is 23.3. The summed E-state index contributed by atoms with van der Waals surface area (Å²) in [5.74, 6) is 0. The molecule has 0 atom stereocenters. The van der Waals surface area contributed by atoms with Gasteiger partial charge in [-0.3, -0.25) is 0 Å². The topological polar surface area (TPSA) is 9.86 Å². The van der Waals surface area contributed by atoms with Crippen molar-refractivity contribution in [3.63, 3.8) is 0 Å². The van der Waals surface area contributed by atoms with Crippen molar-refractivity contribution in [1.82, 2.24) is 9.13 Å². The number of benzene rings is 9. The SMILES string of the molecule is CC1(C)c2ccccc2-c2ccc(-c3ccc4c(c3)C(C)(C)c3c-4ccc4c5ccccc5n(-c5ccc6c(c5)C(C)(C)c5c-6ccc6c7ccccc7n(-c7ccccc7)c56)c34)cc21. The Hall–Kier alpha value is -7.42. The van der Waals surface area contributed by atoms with E-state index in [1.165, 1.54) is 133 Å². The molecule has 2 aromatic heterocycles. The van der Waals surface area contributed by atoms with Crippen molar-refractivity contribution in [2.24, 2.45) is 0 Å². The summed E-state index contributed by atoms with van der Waals surface area (Å²) in [5.41, 5.74) is 25.9. The summed E-state index contributed by atoms with van der Waals surface area (Å²) in [6.45, 7) is 14.5. The lowest BCUT2D eigenvalue weighted by Gasteiger charge is -2.26. The second-order valence-electron chi connectivity index (χ2n) is 20.5. The number of nitrogens with zero attached hydrogens (tertiary/aromatic N) is 2. The van der Waals surface area contributed by atoms with Gasteiger partial charge in [0.1, 0.15) is 0 Å². The van der Waals surface area contributed by atoms with E-state index < -0.39 is 0 Å². The molecule has 65 heavy (non-hydrogen) atoms. The first-order chi connectivity index (χ1) is 31.5. The molecule has 2 heteroatoms. The van der Waals surface area contributed by atoms with Crippen LogP contribution in [-0.2, 0) is 16.2 Å². The van der Waals surface area contributed by atoms with Crippen molar-refractivity contribution in [1.29, 1.82) is 0 Å². The van der Waals surface area contributed by atoms with Gasteiger partial charge in [-0.25, -0.2) is 0 Å². The van der Waals surface area contributed by atoms with Crippen molar-refractivity contribution >= 4 is 43.6 Å². The van der Waals surface area contributed by atoms with E-state index in [2.05, 4.69) is 233 Å². The van der Waals surface area contributed by atoms with Gasteiger partial charge < -0.3 is 9.13 Å². The Labute approximate surface area is 380 Å². The third-order valence-corrected chi connectivity index (χ3v) is 16.1. The summed E-state index contributed by atoms with van der Waals surface area (Å²) in [6, 6.07) is 69.0. The number of rotatable bonds is 3. The molecule has 3 aliphatic rings. The predicted octanol–water partition coefficient (Wildman–Crippen LogP) is 16.5. The monoisotopic (exact) mass is 832 g/mol. The smallest absolute Gasteiger partial charge is 0.0588 e. The zero-order valence-corrected chi connectivity index (χ0v) is 37.7. The molecule has 0 fully saturated rings. The second kappa shape index (κ2) is 12.4. The minimum absolute atomic E-state index is 0.0445. The van der Waals surface area contributed by atoms with Crippen molar-refractivity contribution < 1.29 is 0 Å². The van der Waals surface area contributed by atoms with Crippen molar-refractivity contribution in [3.05, 3.63) is 215 Å². The van der Waals surface area contributed by atoms with Gasteiger partial charge >= 0.3 is 0 Å². The highest BCUT2D eigenvalue weighted by molar-refractivity contribution is 6.15. The predicted molar refractivity (Wildman–Crippen MR) is 273 cm³/mol. The summed E-state index contributed by atoms with van der Waals surface area (Å²) in [4.78, 5) is 0. The third kappa shape index (κ3) is 4.64. The average Bonchev–Trinajstić information content (AvgIpc) is 4.05. The van der Waals surface area contributed by atoms with Crippen molar-refractivity contribution in [2.45, 2.75) is 57.8 Å². The largest absolute Gasteiger partial charge is 0.309 e. The Morgan fingerprint density at radius 1 is 0.292 bits per heavy atom. The molecule has 9 aromatic carbocycles. The summed E-state index contributed by atoms with van der Waals surface area (Å²) in [6.07, 6.45) is 0. The minimum atomic E-state index is -0.261. The highest BCUT2D eigenvalue weighted by Gasteiger charge is 2.42.